The normalized spacial score (nSPS) is 20.3. The quantitative estimate of drug-likeness (QED) is 0.245. The largest absolute Gasteiger partial charge is 0.317 e. The molecule has 0 bridgehead atoms. The molecule has 0 saturated carbocycles. The van der Waals surface area contributed by atoms with Crippen LogP contribution in [0.3, 0.4) is 0 Å². The Morgan fingerprint density at radius 1 is 0.744 bits per heavy atom. The summed E-state index contributed by atoms with van der Waals surface area (Å²) in [5, 5.41) is 0. The van der Waals surface area contributed by atoms with E-state index < -0.39 is 0 Å². The van der Waals surface area contributed by atoms with Gasteiger partial charge < -0.3 is 4.90 Å². The second-order valence-electron chi connectivity index (χ2n) is 11.6. The maximum Gasteiger partial charge on any atom is 0.215 e. The molecule has 0 fully saturated rings. The lowest BCUT2D eigenvalue weighted by Gasteiger charge is -2.29. The van der Waals surface area contributed by atoms with Crippen LogP contribution in [0.4, 0.5) is 17.1 Å². The van der Waals surface area contributed by atoms with Crippen LogP contribution < -0.4 is 9.48 Å². The summed E-state index contributed by atoms with van der Waals surface area (Å²) in [6, 6.07) is 28.3. The molecule has 2 nitrogen and oxygen atoms in total. The van der Waals surface area contributed by atoms with Crippen molar-refractivity contribution in [3.8, 4) is 0 Å². The summed E-state index contributed by atoms with van der Waals surface area (Å²) >= 11 is 0. The minimum atomic E-state index is -0.0951. The standard InChI is InChI=1S/C37H37N2/c1-36(2)30-22-14-16-24-32(30)38(28-18-8-5-9-19-28)34(36)26-12-7-13-27-35-37(3,4)31-23-15-17-25-33(31)39(35)29-20-10-6-11-21-29/h5-10,12-20,22-27H,11,21H2,1-4H3/q+1. The Morgan fingerprint density at radius 3 is 2.23 bits per heavy atom. The van der Waals surface area contributed by atoms with Gasteiger partial charge in [0.2, 0.25) is 11.4 Å². The van der Waals surface area contributed by atoms with Crippen molar-refractivity contribution in [3.63, 3.8) is 0 Å². The first kappa shape index (κ1) is 25.1. The van der Waals surface area contributed by atoms with Crippen molar-refractivity contribution >= 4 is 22.8 Å². The summed E-state index contributed by atoms with van der Waals surface area (Å²) in [6.07, 6.45) is 20.0. The molecule has 2 heteroatoms. The second-order valence-corrected chi connectivity index (χ2v) is 11.6. The van der Waals surface area contributed by atoms with Crippen molar-refractivity contribution in [2.75, 3.05) is 4.90 Å². The van der Waals surface area contributed by atoms with Gasteiger partial charge in [-0.1, -0.05) is 98.8 Å². The molecule has 2 aliphatic heterocycles. The van der Waals surface area contributed by atoms with Crippen molar-refractivity contribution in [2.45, 2.75) is 51.4 Å². The van der Waals surface area contributed by atoms with Crippen LogP contribution in [0.15, 0.2) is 139 Å². The number of benzene rings is 3. The van der Waals surface area contributed by atoms with Gasteiger partial charge in [-0.25, -0.2) is 0 Å². The lowest BCUT2D eigenvalue weighted by atomic mass is 9.81. The maximum atomic E-state index is 2.48. The van der Waals surface area contributed by atoms with Gasteiger partial charge in [-0.05, 0) is 50.5 Å². The van der Waals surface area contributed by atoms with E-state index in [1.54, 1.807) is 0 Å². The third-order valence-corrected chi connectivity index (χ3v) is 8.42. The Balaban J connectivity index is 1.36. The van der Waals surface area contributed by atoms with E-state index in [9.17, 15) is 0 Å². The fourth-order valence-corrected chi connectivity index (χ4v) is 6.35. The third kappa shape index (κ3) is 4.25. The maximum absolute atomic E-state index is 2.48. The lowest BCUT2D eigenvalue weighted by Crippen LogP contribution is -2.27. The van der Waals surface area contributed by atoms with E-state index in [0.717, 1.165) is 12.8 Å². The highest BCUT2D eigenvalue weighted by Gasteiger charge is 2.45. The molecule has 0 N–H and O–H groups in total. The fourth-order valence-electron chi connectivity index (χ4n) is 6.35. The van der Waals surface area contributed by atoms with Crippen molar-refractivity contribution in [1.29, 1.82) is 0 Å². The molecular formula is C37H37N2+. The molecule has 2 heterocycles. The summed E-state index contributed by atoms with van der Waals surface area (Å²) in [6.45, 7) is 9.32. The summed E-state index contributed by atoms with van der Waals surface area (Å²) in [7, 11) is 0. The van der Waals surface area contributed by atoms with E-state index >= 15 is 0 Å². The van der Waals surface area contributed by atoms with E-state index in [4.69, 9.17) is 0 Å². The van der Waals surface area contributed by atoms with Crippen molar-refractivity contribution < 1.29 is 0 Å². The molecule has 194 valence electrons. The molecule has 0 unspecified atom stereocenters. The van der Waals surface area contributed by atoms with Gasteiger partial charge in [0.25, 0.3) is 0 Å². The Hall–Kier alpha value is -4.17. The van der Waals surface area contributed by atoms with E-state index in [1.165, 1.54) is 45.3 Å². The van der Waals surface area contributed by atoms with E-state index in [0.29, 0.717) is 0 Å². The highest BCUT2D eigenvalue weighted by atomic mass is 15.2. The number of allylic oxidation sites excluding steroid dienone is 10. The zero-order valence-electron chi connectivity index (χ0n) is 23.4. The molecule has 39 heavy (non-hydrogen) atoms. The number of anilines is 1. The zero-order valence-corrected chi connectivity index (χ0v) is 23.4. The lowest BCUT2D eigenvalue weighted by molar-refractivity contribution is 0.637. The van der Waals surface area contributed by atoms with Crippen LogP contribution >= 0.6 is 0 Å². The van der Waals surface area contributed by atoms with Gasteiger partial charge in [-0.15, -0.1) is 0 Å². The first-order valence-corrected chi connectivity index (χ1v) is 14.0. The smallest absolute Gasteiger partial charge is 0.215 e. The predicted molar refractivity (Wildman–Crippen MR) is 167 cm³/mol. The van der Waals surface area contributed by atoms with Crippen molar-refractivity contribution in [3.05, 3.63) is 150 Å². The van der Waals surface area contributed by atoms with Gasteiger partial charge in [0.15, 0.2) is 5.71 Å². The van der Waals surface area contributed by atoms with Crippen LogP contribution in [-0.2, 0) is 10.8 Å². The van der Waals surface area contributed by atoms with Gasteiger partial charge in [0, 0.05) is 52.3 Å². The van der Waals surface area contributed by atoms with Gasteiger partial charge >= 0.3 is 0 Å². The number of fused-ring (bicyclic) bond motifs is 2. The molecule has 1 aliphatic carbocycles. The van der Waals surface area contributed by atoms with E-state index in [2.05, 4.69) is 165 Å². The average Bonchev–Trinajstić information content (AvgIpc) is 3.33. The minimum Gasteiger partial charge on any atom is -0.317 e. The Kier molecular flexibility index (Phi) is 6.35. The summed E-state index contributed by atoms with van der Waals surface area (Å²) in [5.41, 5.74) is 10.3. The van der Waals surface area contributed by atoms with E-state index in [1.807, 2.05) is 0 Å². The Labute approximate surface area is 233 Å². The molecular weight excluding hydrogens is 472 g/mol. The molecule has 3 aromatic carbocycles. The molecule has 0 saturated heterocycles. The van der Waals surface area contributed by atoms with Gasteiger partial charge in [-0.2, -0.15) is 4.58 Å². The fraction of sp³-hybridized carbons (Fsp3) is 0.216. The molecule has 6 rings (SSSR count). The van der Waals surface area contributed by atoms with Gasteiger partial charge in [-0.3, -0.25) is 0 Å². The van der Waals surface area contributed by atoms with Crippen molar-refractivity contribution in [1.82, 2.24) is 4.58 Å². The molecule has 3 aromatic rings. The SMILES string of the molecule is CC1(C)C(=CC=CC=CC2=[N+](c3ccccc3)c3ccccc3C2(C)C)N(C2=CC=CCC2)c2ccccc21. The molecule has 0 spiro atoms. The average molecular weight is 510 g/mol. The highest BCUT2D eigenvalue weighted by Crippen LogP contribution is 2.50. The number of rotatable bonds is 5. The summed E-state index contributed by atoms with van der Waals surface area (Å²) in [4.78, 5) is 2.48. The first-order chi connectivity index (χ1) is 18.9. The predicted octanol–water partition coefficient (Wildman–Crippen LogP) is 9.28. The van der Waals surface area contributed by atoms with Crippen LogP contribution in [-0.4, -0.2) is 5.71 Å². The van der Waals surface area contributed by atoms with Crippen molar-refractivity contribution in [2.24, 2.45) is 0 Å². The van der Waals surface area contributed by atoms with Gasteiger partial charge in [0.1, 0.15) is 0 Å². The second kappa shape index (κ2) is 9.85. The third-order valence-electron chi connectivity index (χ3n) is 8.42. The van der Waals surface area contributed by atoms with E-state index in [-0.39, 0.29) is 10.8 Å². The number of hydrogen-bond acceptors (Lipinski definition) is 1. The monoisotopic (exact) mass is 509 g/mol. The summed E-state index contributed by atoms with van der Waals surface area (Å²) < 4.78 is 2.40. The van der Waals surface area contributed by atoms with Crippen LogP contribution in [0.5, 0.6) is 0 Å². The van der Waals surface area contributed by atoms with Gasteiger partial charge in [0.05, 0.1) is 5.41 Å². The first-order valence-electron chi connectivity index (χ1n) is 14.0. The molecule has 0 amide bonds. The number of nitrogens with zero attached hydrogens (tertiary/aromatic N) is 2. The highest BCUT2D eigenvalue weighted by molar-refractivity contribution is 6.10. The molecule has 0 atom stereocenters. The van der Waals surface area contributed by atoms with Crippen LogP contribution in [0.2, 0.25) is 0 Å². The Morgan fingerprint density at radius 2 is 1.46 bits per heavy atom. The number of para-hydroxylation sites is 3. The number of hydrogen-bond donors (Lipinski definition) is 0. The zero-order chi connectivity index (χ0) is 27.0. The molecule has 0 aromatic heterocycles. The molecule has 3 aliphatic rings. The van der Waals surface area contributed by atoms with Crippen LogP contribution in [0, 0.1) is 0 Å². The Bertz CT molecular complexity index is 1590. The van der Waals surface area contributed by atoms with Crippen LogP contribution in [0.1, 0.15) is 51.7 Å². The minimum absolute atomic E-state index is 0.0689. The van der Waals surface area contributed by atoms with Crippen LogP contribution in [0.25, 0.3) is 0 Å². The molecule has 0 radical (unpaired) electrons. The summed E-state index contributed by atoms with van der Waals surface area (Å²) in [5.74, 6) is 0. The topological polar surface area (TPSA) is 6.25 Å².